The molecule has 1 aliphatic rings. The number of hydrogen-bond donors (Lipinski definition) is 2. The van der Waals surface area contributed by atoms with Gasteiger partial charge < -0.3 is 10.6 Å². The molecular weight excluding hydrogens is 350 g/mol. The van der Waals surface area contributed by atoms with E-state index >= 15 is 0 Å². The molecule has 1 amide bonds. The fraction of sp³-hybridized carbons (Fsp3) is 0.278. The molecule has 1 fully saturated rings. The van der Waals surface area contributed by atoms with E-state index in [1.54, 1.807) is 12.2 Å². The van der Waals surface area contributed by atoms with Crippen molar-refractivity contribution >= 4 is 35.3 Å². The fourth-order valence-electron chi connectivity index (χ4n) is 2.88. The Morgan fingerprint density at radius 2 is 2.25 bits per heavy atom. The maximum Gasteiger partial charge on any atom is 0.211 e. The van der Waals surface area contributed by atoms with Gasteiger partial charge in [0.25, 0.3) is 0 Å². The van der Waals surface area contributed by atoms with Gasteiger partial charge in [0.1, 0.15) is 5.82 Å². The van der Waals surface area contributed by atoms with Crippen molar-refractivity contribution in [3.63, 3.8) is 0 Å². The Morgan fingerprint density at radius 3 is 2.96 bits per heavy atom. The topological polar surface area (TPSA) is 41.1 Å². The molecular formula is C18H19Cl2FN2O. The molecule has 0 aliphatic carbocycles. The molecule has 1 aromatic rings. The summed E-state index contributed by atoms with van der Waals surface area (Å²) in [5.41, 5.74) is 1.31. The molecule has 2 rings (SSSR count). The number of allylic oxidation sites excluding steroid dienone is 5. The van der Waals surface area contributed by atoms with E-state index < -0.39 is 5.82 Å². The Labute approximate surface area is 151 Å². The summed E-state index contributed by atoms with van der Waals surface area (Å²) in [4.78, 5) is 10.8. The molecule has 6 heteroatoms. The Hall–Kier alpha value is -1.62. The van der Waals surface area contributed by atoms with Crippen LogP contribution in [0, 0.1) is 11.7 Å². The number of halogens is 3. The monoisotopic (exact) mass is 368 g/mol. The molecule has 0 unspecified atom stereocenters. The Balaban J connectivity index is 2.19. The van der Waals surface area contributed by atoms with Crippen LogP contribution >= 0.6 is 23.2 Å². The lowest BCUT2D eigenvalue weighted by Crippen LogP contribution is -2.13. The van der Waals surface area contributed by atoms with Gasteiger partial charge >= 0.3 is 0 Å². The van der Waals surface area contributed by atoms with Crippen molar-refractivity contribution < 1.29 is 9.18 Å². The zero-order chi connectivity index (χ0) is 17.5. The van der Waals surface area contributed by atoms with Crippen molar-refractivity contribution in [1.29, 1.82) is 0 Å². The van der Waals surface area contributed by atoms with Crippen molar-refractivity contribution in [1.82, 2.24) is 5.32 Å². The first-order chi connectivity index (χ1) is 11.6. The van der Waals surface area contributed by atoms with Crippen molar-refractivity contribution in [3.05, 3.63) is 64.5 Å². The standard InChI is InChI=1S/C18H19Cl2FN2O/c1-2-13(19)6-4-3-5-12-9-22-10-15(12)14-7-17(21)16(20)8-18(14)23-11-24/h2-4,6-8,11-12,15,22H,1,5,9-10H2,(H,23,24)/b4-3-,13-6+/t12-,15+/m0/s1. The number of rotatable bonds is 7. The van der Waals surface area contributed by atoms with Crippen LogP contribution in [-0.2, 0) is 4.79 Å². The Bertz CT molecular complexity index is 673. The van der Waals surface area contributed by atoms with Crippen molar-refractivity contribution in [2.75, 3.05) is 18.4 Å². The van der Waals surface area contributed by atoms with Crippen LogP contribution in [-0.4, -0.2) is 19.5 Å². The molecule has 0 spiro atoms. The molecule has 0 radical (unpaired) electrons. The van der Waals surface area contributed by atoms with Crippen LogP contribution in [0.2, 0.25) is 5.02 Å². The summed E-state index contributed by atoms with van der Waals surface area (Å²) in [5.74, 6) is -0.113. The van der Waals surface area contributed by atoms with Crippen LogP contribution in [0.5, 0.6) is 0 Å². The van der Waals surface area contributed by atoms with Gasteiger partial charge in [-0.3, -0.25) is 4.79 Å². The quantitative estimate of drug-likeness (QED) is 0.545. The Kier molecular flexibility index (Phi) is 7.03. The lowest BCUT2D eigenvalue weighted by molar-refractivity contribution is -0.105. The number of amides is 1. The third kappa shape index (κ3) is 4.69. The average molecular weight is 369 g/mol. The summed E-state index contributed by atoms with van der Waals surface area (Å²) < 4.78 is 13.9. The van der Waals surface area contributed by atoms with Gasteiger partial charge in [0.2, 0.25) is 6.41 Å². The van der Waals surface area contributed by atoms with Crippen LogP contribution in [0.3, 0.4) is 0 Å². The Morgan fingerprint density at radius 1 is 1.46 bits per heavy atom. The van der Waals surface area contributed by atoms with E-state index in [-0.39, 0.29) is 16.9 Å². The highest BCUT2D eigenvalue weighted by atomic mass is 35.5. The number of benzene rings is 1. The predicted molar refractivity (Wildman–Crippen MR) is 98.1 cm³/mol. The maximum absolute atomic E-state index is 13.9. The molecule has 3 nitrogen and oxygen atoms in total. The van der Waals surface area contributed by atoms with Crippen LogP contribution in [0.25, 0.3) is 0 Å². The number of carbonyl (C=O) groups excluding carboxylic acids is 1. The number of nitrogens with one attached hydrogen (secondary N) is 2. The second-order valence-corrected chi connectivity index (χ2v) is 6.40. The van der Waals surface area contributed by atoms with E-state index in [1.807, 2.05) is 12.2 Å². The third-order valence-electron chi connectivity index (χ3n) is 4.07. The molecule has 0 bridgehead atoms. The highest BCUT2D eigenvalue weighted by molar-refractivity contribution is 6.31. The molecule has 24 heavy (non-hydrogen) atoms. The van der Waals surface area contributed by atoms with E-state index in [4.69, 9.17) is 23.2 Å². The smallest absolute Gasteiger partial charge is 0.211 e. The molecule has 1 aromatic carbocycles. The third-order valence-corrected chi connectivity index (χ3v) is 4.64. The van der Waals surface area contributed by atoms with Gasteiger partial charge in [-0.2, -0.15) is 0 Å². The number of carbonyl (C=O) groups is 1. The van der Waals surface area contributed by atoms with Gasteiger partial charge in [0.05, 0.1) is 5.02 Å². The van der Waals surface area contributed by atoms with Gasteiger partial charge in [-0.05, 0) is 42.7 Å². The van der Waals surface area contributed by atoms with Crippen LogP contribution < -0.4 is 10.6 Å². The van der Waals surface area contributed by atoms with Gasteiger partial charge in [0, 0.05) is 23.2 Å². The normalized spacial score (nSPS) is 21.2. The molecule has 0 aromatic heterocycles. The molecule has 1 saturated heterocycles. The number of anilines is 1. The summed E-state index contributed by atoms with van der Waals surface area (Å²) in [6.07, 6.45) is 8.63. The molecule has 2 N–H and O–H groups in total. The minimum Gasteiger partial charge on any atom is -0.328 e. The second kappa shape index (κ2) is 9.02. The van der Waals surface area contributed by atoms with Crippen molar-refractivity contribution in [2.45, 2.75) is 12.3 Å². The van der Waals surface area contributed by atoms with E-state index in [2.05, 4.69) is 17.2 Å². The van der Waals surface area contributed by atoms with Crippen LogP contribution in [0.1, 0.15) is 17.9 Å². The summed E-state index contributed by atoms with van der Waals surface area (Å²) >= 11 is 11.7. The van der Waals surface area contributed by atoms with Crippen molar-refractivity contribution in [3.8, 4) is 0 Å². The summed E-state index contributed by atoms with van der Waals surface area (Å²) in [6.45, 7) is 5.12. The van der Waals surface area contributed by atoms with Gasteiger partial charge in [-0.15, -0.1) is 0 Å². The molecule has 2 atom stereocenters. The summed E-state index contributed by atoms with van der Waals surface area (Å²) in [7, 11) is 0. The first-order valence-electron chi connectivity index (χ1n) is 7.61. The minimum absolute atomic E-state index is 0.00490. The first-order valence-corrected chi connectivity index (χ1v) is 8.37. The summed E-state index contributed by atoms with van der Waals surface area (Å²) in [5, 5.41) is 6.51. The van der Waals surface area contributed by atoms with Crippen LogP contribution in [0.15, 0.2) is 48.0 Å². The van der Waals surface area contributed by atoms with Gasteiger partial charge in [0.15, 0.2) is 0 Å². The number of hydrogen-bond acceptors (Lipinski definition) is 2. The average Bonchev–Trinajstić information content (AvgIpc) is 3.03. The van der Waals surface area contributed by atoms with E-state index in [1.165, 1.54) is 12.1 Å². The van der Waals surface area contributed by atoms with Crippen molar-refractivity contribution in [2.24, 2.45) is 5.92 Å². The van der Waals surface area contributed by atoms with Gasteiger partial charge in [-0.25, -0.2) is 4.39 Å². The molecule has 128 valence electrons. The predicted octanol–water partition coefficient (Wildman–Crippen LogP) is 4.61. The lowest BCUT2D eigenvalue weighted by atomic mass is 9.85. The van der Waals surface area contributed by atoms with E-state index in [0.717, 1.165) is 25.1 Å². The lowest BCUT2D eigenvalue weighted by Gasteiger charge is -2.21. The second-order valence-electron chi connectivity index (χ2n) is 5.56. The van der Waals surface area contributed by atoms with Gasteiger partial charge in [-0.1, -0.05) is 48.0 Å². The fourth-order valence-corrected chi connectivity index (χ4v) is 3.12. The molecule has 0 saturated carbocycles. The zero-order valence-electron chi connectivity index (χ0n) is 13.1. The molecule has 1 heterocycles. The SMILES string of the molecule is C=C/C(Cl)=C\C=C/C[C@H]1CNC[C@H]1c1cc(F)c(Cl)cc1NC=O. The minimum atomic E-state index is -0.481. The highest BCUT2D eigenvalue weighted by Gasteiger charge is 2.30. The largest absolute Gasteiger partial charge is 0.328 e. The first kappa shape index (κ1) is 18.7. The highest BCUT2D eigenvalue weighted by Crippen LogP contribution is 2.37. The van der Waals surface area contributed by atoms with E-state index in [0.29, 0.717) is 17.1 Å². The maximum atomic E-state index is 13.9. The van der Waals surface area contributed by atoms with Crippen LogP contribution in [0.4, 0.5) is 10.1 Å². The van der Waals surface area contributed by atoms with E-state index in [9.17, 15) is 9.18 Å². The summed E-state index contributed by atoms with van der Waals surface area (Å²) in [6, 6.07) is 2.87. The molecule has 1 aliphatic heterocycles. The zero-order valence-corrected chi connectivity index (χ0v) is 14.6.